The first kappa shape index (κ1) is 12.8. The van der Waals surface area contributed by atoms with Crippen LogP contribution in [0.1, 0.15) is 5.82 Å². The van der Waals surface area contributed by atoms with Crippen LogP contribution in [0.25, 0.3) is 11.0 Å². The molecule has 3 heterocycles. The summed E-state index contributed by atoms with van der Waals surface area (Å²) in [5.41, 5.74) is 6.65. The van der Waals surface area contributed by atoms with Crippen molar-refractivity contribution < 1.29 is 4.74 Å². The van der Waals surface area contributed by atoms with Crippen molar-refractivity contribution in [2.24, 2.45) is 7.05 Å². The van der Waals surface area contributed by atoms with E-state index in [1.54, 1.807) is 10.9 Å². The first-order valence-corrected chi connectivity index (χ1v) is 6.35. The van der Waals surface area contributed by atoms with Crippen LogP contribution in [-0.2, 0) is 18.3 Å². The van der Waals surface area contributed by atoms with Crippen LogP contribution in [0.5, 0.6) is 0 Å². The molecule has 2 aromatic heterocycles. The van der Waals surface area contributed by atoms with Crippen LogP contribution < -0.4 is 5.73 Å². The fourth-order valence-corrected chi connectivity index (χ4v) is 2.29. The molecule has 0 aromatic carbocycles. The van der Waals surface area contributed by atoms with Gasteiger partial charge in [0.05, 0.1) is 30.8 Å². The number of fused-ring (bicyclic) bond motifs is 1. The van der Waals surface area contributed by atoms with Gasteiger partial charge in [0.15, 0.2) is 11.8 Å². The van der Waals surface area contributed by atoms with Crippen molar-refractivity contribution in [1.82, 2.24) is 24.6 Å². The minimum atomic E-state index is -0.387. The highest BCUT2D eigenvalue weighted by molar-refractivity contribution is 5.84. The lowest BCUT2D eigenvalue weighted by Gasteiger charge is -2.28. The lowest BCUT2D eigenvalue weighted by atomic mass is 10.3. The molecule has 0 bridgehead atoms. The summed E-state index contributed by atoms with van der Waals surface area (Å²) in [4.78, 5) is 10.9. The molecule has 104 valence electrons. The highest BCUT2D eigenvalue weighted by Crippen LogP contribution is 2.17. The number of anilines is 1. The van der Waals surface area contributed by atoms with Gasteiger partial charge in [-0.05, 0) is 0 Å². The van der Waals surface area contributed by atoms with Gasteiger partial charge in [-0.25, -0.2) is 9.97 Å². The van der Waals surface area contributed by atoms with Crippen molar-refractivity contribution in [3.8, 4) is 6.07 Å². The van der Waals surface area contributed by atoms with E-state index < -0.39 is 0 Å². The fraction of sp³-hybridized carbons (Fsp3) is 0.500. The summed E-state index contributed by atoms with van der Waals surface area (Å²) in [6.45, 7) is 2.41. The zero-order valence-electron chi connectivity index (χ0n) is 11.2. The molecule has 3 rings (SSSR count). The van der Waals surface area contributed by atoms with Gasteiger partial charge < -0.3 is 10.5 Å². The summed E-state index contributed by atoms with van der Waals surface area (Å²) in [7, 11) is 1.82. The monoisotopic (exact) mass is 273 g/mol. The summed E-state index contributed by atoms with van der Waals surface area (Å²) in [5, 5.41) is 13.8. The van der Waals surface area contributed by atoms with E-state index in [-0.39, 0.29) is 6.10 Å². The first-order valence-electron chi connectivity index (χ1n) is 6.35. The molecule has 0 spiro atoms. The number of aryl methyl sites for hydroxylation is 1. The number of aromatic nitrogens is 4. The van der Waals surface area contributed by atoms with Gasteiger partial charge in [-0.3, -0.25) is 9.58 Å². The van der Waals surface area contributed by atoms with E-state index in [2.05, 4.69) is 26.0 Å². The zero-order valence-corrected chi connectivity index (χ0v) is 11.2. The van der Waals surface area contributed by atoms with E-state index in [0.717, 1.165) is 17.6 Å². The minimum absolute atomic E-state index is 0.387. The molecule has 1 fully saturated rings. The van der Waals surface area contributed by atoms with Crippen molar-refractivity contribution in [2.45, 2.75) is 12.6 Å². The molecule has 8 heteroatoms. The Hall–Kier alpha value is -2.24. The van der Waals surface area contributed by atoms with Gasteiger partial charge >= 0.3 is 0 Å². The number of hydrogen-bond donors (Lipinski definition) is 1. The molecule has 1 aliphatic heterocycles. The number of nitriles is 1. The zero-order chi connectivity index (χ0) is 14.1. The van der Waals surface area contributed by atoms with Crippen LogP contribution in [0.3, 0.4) is 0 Å². The predicted molar refractivity (Wildman–Crippen MR) is 71.3 cm³/mol. The Balaban J connectivity index is 1.84. The van der Waals surface area contributed by atoms with Gasteiger partial charge in [0.2, 0.25) is 0 Å². The summed E-state index contributed by atoms with van der Waals surface area (Å²) >= 11 is 0. The summed E-state index contributed by atoms with van der Waals surface area (Å²) in [5.74, 6) is 1.07. The molecule has 1 saturated heterocycles. The van der Waals surface area contributed by atoms with E-state index in [1.807, 2.05) is 7.05 Å². The Morgan fingerprint density at radius 3 is 3.20 bits per heavy atom. The van der Waals surface area contributed by atoms with Gasteiger partial charge in [-0.1, -0.05) is 0 Å². The number of hydrogen-bond acceptors (Lipinski definition) is 7. The van der Waals surface area contributed by atoms with Crippen LogP contribution >= 0.6 is 0 Å². The third-order valence-corrected chi connectivity index (χ3v) is 3.33. The quantitative estimate of drug-likeness (QED) is 0.798. The third-order valence-electron chi connectivity index (χ3n) is 3.33. The number of rotatable bonds is 2. The second-order valence-electron chi connectivity index (χ2n) is 4.75. The van der Waals surface area contributed by atoms with Crippen LogP contribution in [0.2, 0.25) is 0 Å². The van der Waals surface area contributed by atoms with Gasteiger partial charge in [0, 0.05) is 20.1 Å². The third kappa shape index (κ3) is 2.29. The maximum absolute atomic E-state index is 8.90. The maximum Gasteiger partial charge on any atom is 0.163 e. The molecule has 2 aromatic rings. The number of ether oxygens (including phenoxy) is 1. The number of nitrogens with zero attached hydrogens (tertiary/aromatic N) is 6. The van der Waals surface area contributed by atoms with E-state index >= 15 is 0 Å². The average molecular weight is 273 g/mol. The molecule has 1 unspecified atom stereocenters. The number of morpholine rings is 1. The van der Waals surface area contributed by atoms with E-state index in [4.69, 9.17) is 15.7 Å². The van der Waals surface area contributed by atoms with Crippen LogP contribution in [0.4, 0.5) is 5.82 Å². The lowest BCUT2D eigenvalue weighted by Crippen LogP contribution is -2.41. The number of nitrogens with two attached hydrogens (primary N) is 1. The van der Waals surface area contributed by atoms with Gasteiger partial charge in [-0.2, -0.15) is 10.4 Å². The summed E-state index contributed by atoms with van der Waals surface area (Å²) < 4.78 is 6.99. The molecule has 0 aliphatic carbocycles. The Kier molecular flexibility index (Phi) is 3.22. The second-order valence-corrected chi connectivity index (χ2v) is 4.75. The standard InChI is InChI=1S/C12H15N7O/c1-18-12-9(5-15-18)11(14)16-10(17-12)7-19-2-3-20-8(4-13)6-19/h5,8H,2-3,6-7H2,1H3,(H2,14,16,17). The number of nitrogen functional groups attached to an aromatic ring is 1. The molecule has 0 saturated carbocycles. The molecule has 20 heavy (non-hydrogen) atoms. The molecular formula is C12H15N7O. The summed E-state index contributed by atoms with van der Waals surface area (Å²) in [6.07, 6.45) is 1.27. The Labute approximate surface area is 115 Å². The molecule has 1 atom stereocenters. The van der Waals surface area contributed by atoms with E-state index in [0.29, 0.717) is 31.3 Å². The second kappa shape index (κ2) is 5.03. The Bertz CT molecular complexity index is 674. The molecule has 1 aliphatic rings. The highest BCUT2D eigenvalue weighted by atomic mass is 16.5. The van der Waals surface area contributed by atoms with Crippen LogP contribution in [0, 0.1) is 11.3 Å². The average Bonchev–Trinajstić information content (AvgIpc) is 2.81. The van der Waals surface area contributed by atoms with Crippen molar-refractivity contribution in [1.29, 1.82) is 5.26 Å². The SMILES string of the molecule is Cn1ncc2c(N)nc(CN3CCOC(C#N)C3)nc21. The van der Waals surface area contributed by atoms with E-state index in [1.165, 1.54) is 0 Å². The Morgan fingerprint density at radius 1 is 1.55 bits per heavy atom. The smallest absolute Gasteiger partial charge is 0.163 e. The molecule has 0 radical (unpaired) electrons. The minimum Gasteiger partial charge on any atom is -0.383 e. The highest BCUT2D eigenvalue weighted by Gasteiger charge is 2.21. The maximum atomic E-state index is 8.90. The Morgan fingerprint density at radius 2 is 2.40 bits per heavy atom. The van der Waals surface area contributed by atoms with E-state index in [9.17, 15) is 0 Å². The van der Waals surface area contributed by atoms with Crippen molar-refractivity contribution in [3.63, 3.8) is 0 Å². The molecule has 0 amide bonds. The van der Waals surface area contributed by atoms with Crippen molar-refractivity contribution in [3.05, 3.63) is 12.0 Å². The summed E-state index contributed by atoms with van der Waals surface area (Å²) in [6, 6.07) is 2.12. The van der Waals surface area contributed by atoms with Crippen molar-refractivity contribution >= 4 is 16.9 Å². The fourth-order valence-electron chi connectivity index (χ4n) is 2.29. The molecular weight excluding hydrogens is 258 g/mol. The molecule has 2 N–H and O–H groups in total. The van der Waals surface area contributed by atoms with Gasteiger partial charge in [0.25, 0.3) is 0 Å². The lowest BCUT2D eigenvalue weighted by molar-refractivity contribution is -0.00354. The van der Waals surface area contributed by atoms with Gasteiger partial charge in [-0.15, -0.1) is 0 Å². The largest absolute Gasteiger partial charge is 0.383 e. The molecule has 8 nitrogen and oxygen atoms in total. The van der Waals surface area contributed by atoms with Crippen LogP contribution in [0.15, 0.2) is 6.20 Å². The normalized spacial score (nSPS) is 20.1. The first-order chi connectivity index (χ1) is 9.67. The van der Waals surface area contributed by atoms with Crippen molar-refractivity contribution in [2.75, 3.05) is 25.4 Å². The predicted octanol–water partition coefficient (Wildman–Crippen LogP) is -0.330. The topological polar surface area (TPSA) is 106 Å². The van der Waals surface area contributed by atoms with Gasteiger partial charge in [0.1, 0.15) is 11.6 Å². The van der Waals surface area contributed by atoms with Crippen LogP contribution in [-0.4, -0.2) is 50.4 Å².